The zero-order valence-corrected chi connectivity index (χ0v) is 11.9. The van der Waals surface area contributed by atoms with Gasteiger partial charge in [-0.3, -0.25) is 14.6 Å². The van der Waals surface area contributed by atoms with Crippen molar-refractivity contribution in [2.75, 3.05) is 45.9 Å². The van der Waals surface area contributed by atoms with E-state index in [2.05, 4.69) is 9.80 Å². The van der Waals surface area contributed by atoms with Crippen molar-refractivity contribution in [1.82, 2.24) is 9.80 Å². The molecule has 0 spiro atoms. The van der Waals surface area contributed by atoms with Crippen molar-refractivity contribution in [3.05, 3.63) is 0 Å². The van der Waals surface area contributed by atoms with Gasteiger partial charge in [-0.25, -0.2) is 0 Å². The van der Waals surface area contributed by atoms with Crippen LogP contribution in [-0.2, 0) is 9.53 Å². The zero-order chi connectivity index (χ0) is 13.1. The molecule has 1 unspecified atom stereocenters. The first-order valence-electron chi connectivity index (χ1n) is 7.90. The molecule has 4 nitrogen and oxygen atoms in total. The van der Waals surface area contributed by atoms with Crippen molar-refractivity contribution in [2.45, 2.75) is 38.1 Å². The molecule has 108 valence electrons. The van der Waals surface area contributed by atoms with Crippen LogP contribution in [0.25, 0.3) is 0 Å². The van der Waals surface area contributed by atoms with E-state index in [1.165, 1.54) is 38.8 Å². The lowest BCUT2D eigenvalue weighted by atomic mass is 9.99. The first-order valence-corrected chi connectivity index (χ1v) is 7.90. The molecule has 0 amide bonds. The van der Waals surface area contributed by atoms with Gasteiger partial charge in [0.1, 0.15) is 5.78 Å². The van der Waals surface area contributed by atoms with Crippen molar-refractivity contribution in [3.8, 4) is 0 Å². The SMILES string of the molecule is O=C1CCOCC1CN1CCN(C2CCCC2)CC1. The van der Waals surface area contributed by atoms with Gasteiger partial charge in [0.15, 0.2) is 0 Å². The summed E-state index contributed by atoms with van der Waals surface area (Å²) in [5.74, 6) is 0.538. The van der Waals surface area contributed by atoms with Crippen LogP contribution in [0.4, 0.5) is 0 Å². The van der Waals surface area contributed by atoms with Gasteiger partial charge in [-0.05, 0) is 12.8 Å². The van der Waals surface area contributed by atoms with Gasteiger partial charge in [0.05, 0.1) is 19.1 Å². The fourth-order valence-electron chi connectivity index (χ4n) is 3.74. The summed E-state index contributed by atoms with van der Waals surface area (Å²) in [6, 6.07) is 0.849. The summed E-state index contributed by atoms with van der Waals surface area (Å²) in [5.41, 5.74) is 0. The Morgan fingerprint density at radius 1 is 1.11 bits per heavy atom. The van der Waals surface area contributed by atoms with Gasteiger partial charge in [0.25, 0.3) is 0 Å². The molecule has 19 heavy (non-hydrogen) atoms. The standard InChI is InChI=1S/C15H26N2O2/c18-15-5-10-19-12-13(15)11-16-6-8-17(9-7-16)14-3-1-2-4-14/h13-14H,1-12H2. The van der Waals surface area contributed by atoms with Gasteiger partial charge < -0.3 is 4.74 Å². The predicted molar refractivity (Wildman–Crippen MR) is 74.2 cm³/mol. The molecule has 0 radical (unpaired) electrons. The molecule has 2 heterocycles. The number of Topliss-reactive ketones (excluding diaryl/α,β-unsaturated/α-hetero) is 1. The zero-order valence-electron chi connectivity index (χ0n) is 11.9. The second-order valence-corrected chi connectivity index (χ2v) is 6.26. The number of nitrogens with zero attached hydrogens (tertiary/aromatic N) is 2. The molecule has 0 aromatic carbocycles. The second kappa shape index (κ2) is 6.33. The number of ketones is 1. The summed E-state index contributed by atoms with van der Waals surface area (Å²) in [7, 11) is 0. The second-order valence-electron chi connectivity index (χ2n) is 6.26. The maximum atomic E-state index is 11.8. The lowest BCUT2D eigenvalue weighted by Crippen LogP contribution is -2.51. The molecule has 3 fully saturated rings. The van der Waals surface area contributed by atoms with Crippen LogP contribution in [0.1, 0.15) is 32.1 Å². The Balaban J connectivity index is 1.43. The molecule has 2 aliphatic heterocycles. The van der Waals surface area contributed by atoms with Crippen molar-refractivity contribution in [3.63, 3.8) is 0 Å². The third-order valence-electron chi connectivity index (χ3n) is 4.99. The highest BCUT2D eigenvalue weighted by Gasteiger charge is 2.29. The Kier molecular flexibility index (Phi) is 4.51. The minimum atomic E-state index is 0.131. The number of carbonyl (C=O) groups is 1. The fraction of sp³-hybridized carbons (Fsp3) is 0.933. The van der Waals surface area contributed by atoms with E-state index in [1.54, 1.807) is 0 Å². The highest BCUT2D eigenvalue weighted by atomic mass is 16.5. The summed E-state index contributed by atoms with van der Waals surface area (Å²) < 4.78 is 5.44. The van der Waals surface area contributed by atoms with E-state index in [9.17, 15) is 4.79 Å². The van der Waals surface area contributed by atoms with Crippen LogP contribution in [0.5, 0.6) is 0 Å². The molecule has 0 N–H and O–H groups in total. The number of ether oxygens (including phenoxy) is 1. The van der Waals surface area contributed by atoms with Crippen LogP contribution in [0.3, 0.4) is 0 Å². The van der Waals surface area contributed by atoms with E-state index in [1.807, 2.05) is 0 Å². The Morgan fingerprint density at radius 3 is 2.53 bits per heavy atom. The van der Waals surface area contributed by atoms with E-state index in [0.29, 0.717) is 25.4 Å². The van der Waals surface area contributed by atoms with Crippen LogP contribution in [-0.4, -0.2) is 67.6 Å². The number of hydrogen-bond donors (Lipinski definition) is 0. The minimum absolute atomic E-state index is 0.131. The number of carbonyl (C=O) groups excluding carboxylic acids is 1. The van der Waals surface area contributed by atoms with Crippen molar-refractivity contribution in [1.29, 1.82) is 0 Å². The average Bonchev–Trinajstić information content (AvgIpc) is 2.96. The first kappa shape index (κ1) is 13.5. The summed E-state index contributed by atoms with van der Waals surface area (Å²) >= 11 is 0. The predicted octanol–water partition coefficient (Wildman–Crippen LogP) is 1.15. The van der Waals surface area contributed by atoms with Crippen LogP contribution in [0.2, 0.25) is 0 Å². The molecule has 1 atom stereocenters. The highest BCUT2D eigenvalue weighted by molar-refractivity contribution is 5.82. The fourth-order valence-corrected chi connectivity index (χ4v) is 3.74. The third-order valence-corrected chi connectivity index (χ3v) is 4.99. The molecular formula is C15H26N2O2. The van der Waals surface area contributed by atoms with E-state index >= 15 is 0 Å². The Hall–Kier alpha value is -0.450. The van der Waals surface area contributed by atoms with Gasteiger partial charge in [-0.2, -0.15) is 0 Å². The Labute approximate surface area is 116 Å². The molecule has 0 aromatic heterocycles. The monoisotopic (exact) mass is 266 g/mol. The van der Waals surface area contributed by atoms with Gasteiger partial charge in [-0.15, -0.1) is 0 Å². The third kappa shape index (κ3) is 3.36. The highest BCUT2D eigenvalue weighted by Crippen LogP contribution is 2.24. The average molecular weight is 266 g/mol. The van der Waals surface area contributed by atoms with Gasteiger partial charge in [-0.1, -0.05) is 12.8 Å². The van der Waals surface area contributed by atoms with Crippen LogP contribution in [0, 0.1) is 5.92 Å². The Morgan fingerprint density at radius 2 is 1.84 bits per heavy atom. The van der Waals surface area contributed by atoms with Gasteiger partial charge in [0.2, 0.25) is 0 Å². The summed E-state index contributed by atoms with van der Waals surface area (Å²) in [6.07, 6.45) is 6.24. The molecule has 1 aliphatic carbocycles. The van der Waals surface area contributed by atoms with Crippen LogP contribution >= 0.6 is 0 Å². The maximum absolute atomic E-state index is 11.8. The lowest BCUT2D eigenvalue weighted by molar-refractivity contribution is -0.131. The summed E-state index contributed by atoms with van der Waals surface area (Å²) in [4.78, 5) is 17.0. The van der Waals surface area contributed by atoms with E-state index in [-0.39, 0.29) is 5.92 Å². The molecule has 3 aliphatic rings. The van der Waals surface area contributed by atoms with Crippen molar-refractivity contribution < 1.29 is 9.53 Å². The normalized spacial score (nSPS) is 32.0. The van der Waals surface area contributed by atoms with E-state index in [0.717, 1.165) is 25.7 Å². The molecule has 0 bridgehead atoms. The van der Waals surface area contributed by atoms with Gasteiger partial charge in [0, 0.05) is 45.2 Å². The number of piperazine rings is 1. The van der Waals surface area contributed by atoms with Gasteiger partial charge >= 0.3 is 0 Å². The number of rotatable bonds is 3. The molecule has 3 rings (SSSR count). The lowest BCUT2D eigenvalue weighted by Gasteiger charge is -2.39. The maximum Gasteiger partial charge on any atom is 0.141 e. The first-order chi connectivity index (χ1) is 9.33. The quantitative estimate of drug-likeness (QED) is 0.767. The minimum Gasteiger partial charge on any atom is -0.380 e. The summed E-state index contributed by atoms with van der Waals surface area (Å²) in [6.45, 7) is 6.81. The van der Waals surface area contributed by atoms with Crippen molar-refractivity contribution >= 4 is 5.78 Å². The molecule has 1 saturated carbocycles. The van der Waals surface area contributed by atoms with Crippen LogP contribution < -0.4 is 0 Å². The van der Waals surface area contributed by atoms with Crippen molar-refractivity contribution in [2.24, 2.45) is 5.92 Å². The van der Waals surface area contributed by atoms with E-state index < -0.39 is 0 Å². The molecule has 2 saturated heterocycles. The topological polar surface area (TPSA) is 32.8 Å². The Bertz CT molecular complexity index is 307. The number of hydrogen-bond acceptors (Lipinski definition) is 4. The smallest absolute Gasteiger partial charge is 0.141 e. The molecular weight excluding hydrogens is 240 g/mol. The summed E-state index contributed by atoms with van der Waals surface area (Å²) in [5, 5.41) is 0. The van der Waals surface area contributed by atoms with Crippen LogP contribution in [0.15, 0.2) is 0 Å². The molecule has 4 heteroatoms. The molecule has 0 aromatic rings. The van der Waals surface area contributed by atoms with E-state index in [4.69, 9.17) is 4.74 Å². The largest absolute Gasteiger partial charge is 0.380 e.